The molecule has 114 valence electrons. The number of nitrogens with zero attached hydrogens (tertiary/aromatic N) is 1. The standard InChI is InChI=1S/C15H26N2O3/c1-4-12-13(18)16-15(5-2,6-3)14(19)17(12)11-8-7-9-20-10-11/h11-12H,4-10H2,1-3H3,(H,16,18). The van der Waals surface area contributed by atoms with Crippen LogP contribution in [0.25, 0.3) is 0 Å². The third-order valence-electron chi connectivity index (χ3n) is 4.77. The number of carbonyl (C=O) groups excluding carboxylic acids is 2. The van der Waals surface area contributed by atoms with Crippen LogP contribution in [0.3, 0.4) is 0 Å². The zero-order valence-electron chi connectivity index (χ0n) is 12.8. The first-order valence-corrected chi connectivity index (χ1v) is 7.82. The molecule has 2 fully saturated rings. The molecule has 2 amide bonds. The van der Waals surface area contributed by atoms with E-state index in [9.17, 15) is 9.59 Å². The Kier molecular flexibility index (Phi) is 4.68. The average molecular weight is 282 g/mol. The Balaban J connectivity index is 2.31. The molecule has 0 aromatic rings. The zero-order chi connectivity index (χ0) is 14.8. The maximum atomic E-state index is 13.0. The van der Waals surface area contributed by atoms with Crippen LogP contribution in [0.5, 0.6) is 0 Å². The van der Waals surface area contributed by atoms with Crippen molar-refractivity contribution in [1.29, 1.82) is 0 Å². The number of carbonyl (C=O) groups is 2. The lowest BCUT2D eigenvalue weighted by Gasteiger charge is -2.49. The Morgan fingerprint density at radius 3 is 2.50 bits per heavy atom. The van der Waals surface area contributed by atoms with Gasteiger partial charge in [-0.3, -0.25) is 9.59 Å². The van der Waals surface area contributed by atoms with Crippen LogP contribution in [0.2, 0.25) is 0 Å². The van der Waals surface area contributed by atoms with Gasteiger partial charge in [0.15, 0.2) is 0 Å². The largest absolute Gasteiger partial charge is 0.379 e. The van der Waals surface area contributed by atoms with Gasteiger partial charge in [-0.15, -0.1) is 0 Å². The molecule has 1 N–H and O–H groups in total. The molecule has 2 aliphatic heterocycles. The van der Waals surface area contributed by atoms with Crippen molar-refractivity contribution in [3.63, 3.8) is 0 Å². The van der Waals surface area contributed by atoms with Gasteiger partial charge in [0.25, 0.3) is 0 Å². The fourth-order valence-corrected chi connectivity index (χ4v) is 3.36. The van der Waals surface area contributed by atoms with E-state index in [0.29, 0.717) is 25.9 Å². The molecule has 2 unspecified atom stereocenters. The van der Waals surface area contributed by atoms with Gasteiger partial charge in [-0.25, -0.2) is 0 Å². The van der Waals surface area contributed by atoms with Crippen molar-refractivity contribution < 1.29 is 14.3 Å². The van der Waals surface area contributed by atoms with Crippen LogP contribution in [0.15, 0.2) is 0 Å². The van der Waals surface area contributed by atoms with Crippen LogP contribution in [-0.2, 0) is 14.3 Å². The molecule has 0 saturated carbocycles. The predicted octanol–water partition coefficient (Wildman–Crippen LogP) is 1.46. The maximum Gasteiger partial charge on any atom is 0.249 e. The van der Waals surface area contributed by atoms with E-state index < -0.39 is 5.54 Å². The van der Waals surface area contributed by atoms with Crippen LogP contribution in [0.1, 0.15) is 52.9 Å². The fourth-order valence-electron chi connectivity index (χ4n) is 3.36. The molecule has 0 radical (unpaired) electrons. The smallest absolute Gasteiger partial charge is 0.249 e. The van der Waals surface area contributed by atoms with E-state index in [2.05, 4.69) is 5.32 Å². The number of hydrogen-bond donors (Lipinski definition) is 1. The quantitative estimate of drug-likeness (QED) is 0.849. The molecular formula is C15H26N2O3. The van der Waals surface area contributed by atoms with E-state index in [1.165, 1.54) is 0 Å². The molecule has 0 bridgehead atoms. The Hall–Kier alpha value is -1.10. The van der Waals surface area contributed by atoms with Crippen LogP contribution in [0.4, 0.5) is 0 Å². The highest BCUT2D eigenvalue weighted by Crippen LogP contribution is 2.29. The van der Waals surface area contributed by atoms with Crippen molar-refractivity contribution in [2.75, 3.05) is 13.2 Å². The molecule has 2 atom stereocenters. The highest BCUT2D eigenvalue weighted by molar-refractivity contribution is 6.00. The number of nitrogens with one attached hydrogen (secondary N) is 1. The fraction of sp³-hybridized carbons (Fsp3) is 0.867. The minimum Gasteiger partial charge on any atom is -0.379 e. The van der Waals surface area contributed by atoms with Gasteiger partial charge in [-0.1, -0.05) is 20.8 Å². The maximum absolute atomic E-state index is 13.0. The minimum absolute atomic E-state index is 0.0126. The van der Waals surface area contributed by atoms with Crippen molar-refractivity contribution in [3.8, 4) is 0 Å². The molecule has 0 aliphatic carbocycles. The van der Waals surface area contributed by atoms with Gasteiger partial charge in [-0.2, -0.15) is 0 Å². The average Bonchev–Trinajstić information content (AvgIpc) is 2.49. The second kappa shape index (κ2) is 6.12. The van der Waals surface area contributed by atoms with Gasteiger partial charge in [-0.05, 0) is 32.1 Å². The molecule has 2 rings (SSSR count). The summed E-state index contributed by atoms with van der Waals surface area (Å²) in [5.41, 5.74) is -0.722. The molecular weight excluding hydrogens is 256 g/mol. The summed E-state index contributed by atoms with van der Waals surface area (Å²) in [5, 5.41) is 2.98. The molecule has 2 heterocycles. The molecule has 20 heavy (non-hydrogen) atoms. The van der Waals surface area contributed by atoms with E-state index >= 15 is 0 Å². The minimum atomic E-state index is -0.722. The Morgan fingerprint density at radius 2 is 2.00 bits per heavy atom. The van der Waals surface area contributed by atoms with Crippen molar-refractivity contribution in [2.45, 2.75) is 70.5 Å². The number of ether oxygens (including phenoxy) is 1. The Morgan fingerprint density at radius 1 is 1.30 bits per heavy atom. The van der Waals surface area contributed by atoms with E-state index in [-0.39, 0.29) is 23.9 Å². The lowest BCUT2D eigenvalue weighted by Crippen LogP contribution is -2.72. The number of amides is 2. The summed E-state index contributed by atoms with van der Waals surface area (Å²) in [7, 11) is 0. The molecule has 0 aromatic heterocycles. The Bertz CT molecular complexity index is 373. The van der Waals surface area contributed by atoms with Gasteiger partial charge < -0.3 is 15.0 Å². The molecule has 5 heteroatoms. The number of hydrogen-bond acceptors (Lipinski definition) is 3. The van der Waals surface area contributed by atoms with Gasteiger partial charge in [0.1, 0.15) is 11.6 Å². The van der Waals surface area contributed by atoms with Crippen LogP contribution >= 0.6 is 0 Å². The summed E-state index contributed by atoms with van der Waals surface area (Å²) in [4.78, 5) is 27.2. The van der Waals surface area contributed by atoms with Crippen LogP contribution in [-0.4, -0.2) is 47.6 Å². The first-order chi connectivity index (χ1) is 9.59. The highest BCUT2D eigenvalue weighted by atomic mass is 16.5. The van der Waals surface area contributed by atoms with Crippen LogP contribution < -0.4 is 5.32 Å². The van der Waals surface area contributed by atoms with Gasteiger partial charge in [0, 0.05) is 6.61 Å². The molecule has 2 aliphatic rings. The Labute approximate surface area is 121 Å². The number of rotatable bonds is 4. The molecule has 5 nitrogen and oxygen atoms in total. The second-order valence-electron chi connectivity index (χ2n) is 5.79. The zero-order valence-corrected chi connectivity index (χ0v) is 12.8. The summed E-state index contributed by atoms with van der Waals surface area (Å²) in [6.45, 7) is 7.19. The second-order valence-corrected chi connectivity index (χ2v) is 5.79. The third kappa shape index (κ3) is 2.43. The molecule has 0 spiro atoms. The third-order valence-corrected chi connectivity index (χ3v) is 4.77. The van der Waals surface area contributed by atoms with Gasteiger partial charge in [0.2, 0.25) is 11.8 Å². The lowest BCUT2D eigenvalue weighted by molar-refractivity contribution is -0.161. The molecule has 2 saturated heterocycles. The summed E-state index contributed by atoms with van der Waals surface area (Å²) in [5.74, 6) is 0.0609. The van der Waals surface area contributed by atoms with E-state index in [4.69, 9.17) is 4.74 Å². The SMILES string of the molecule is CCC1C(=O)NC(CC)(CC)C(=O)N1C1CCCOC1. The summed E-state index contributed by atoms with van der Waals surface area (Å²) < 4.78 is 5.52. The van der Waals surface area contributed by atoms with Crippen LogP contribution in [0, 0.1) is 0 Å². The first-order valence-electron chi connectivity index (χ1n) is 7.82. The predicted molar refractivity (Wildman–Crippen MR) is 76.2 cm³/mol. The van der Waals surface area contributed by atoms with Crippen molar-refractivity contribution in [2.24, 2.45) is 0 Å². The normalized spacial score (nSPS) is 30.2. The van der Waals surface area contributed by atoms with E-state index in [1.54, 1.807) is 0 Å². The summed E-state index contributed by atoms with van der Waals surface area (Å²) in [6, 6.07) is -0.301. The monoisotopic (exact) mass is 282 g/mol. The summed E-state index contributed by atoms with van der Waals surface area (Å²) >= 11 is 0. The first kappa shape index (κ1) is 15.3. The lowest BCUT2D eigenvalue weighted by atomic mass is 9.85. The van der Waals surface area contributed by atoms with Crippen molar-refractivity contribution in [3.05, 3.63) is 0 Å². The van der Waals surface area contributed by atoms with Gasteiger partial charge >= 0.3 is 0 Å². The molecule has 0 aromatic carbocycles. The summed E-state index contributed by atoms with van der Waals surface area (Å²) in [6.07, 6.45) is 3.80. The highest BCUT2D eigenvalue weighted by Gasteiger charge is 2.50. The van der Waals surface area contributed by atoms with Crippen molar-refractivity contribution in [1.82, 2.24) is 10.2 Å². The number of piperazine rings is 1. The van der Waals surface area contributed by atoms with Crippen molar-refractivity contribution >= 4 is 11.8 Å². The topological polar surface area (TPSA) is 58.6 Å². The van der Waals surface area contributed by atoms with E-state index in [1.807, 2.05) is 25.7 Å². The van der Waals surface area contributed by atoms with Gasteiger partial charge in [0.05, 0.1) is 12.6 Å². The van der Waals surface area contributed by atoms with E-state index in [0.717, 1.165) is 19.4 Å².